The fourth-order valence-electron chi connectivity index (χ4n) is 1.89. The van der Waals surface area contributed by atoms with Gasteiger partial charge in [-0.2, -0.15) is 0 Å². The molecule has 0 aliphatic carbocycles. The zero-order chi connectivity index (χ0) is 21.8. The fourth-order valence-corrected chi connectivity index (χ4v) is 1.89. The minimum Gasteiger partial charge on any atom is -0.526 e. The molecule has 8 heteroatoms. The van der Waals surface area contributed by atoms with Gasteiger partial charge >= 0.3 is 64.1 Å². The Bertz CT molecular complexity index is 1200. The van der Waals surface area contributed by atoms with E-state index in [1.54, 1.807) is 24.3 Å². The molecule has 7 nitrogen and oxygen atoms in total. The number of aromatic nitrogens is 1. The maximum Gasteiger partial charge on any atom is 1.00 e. The summed E-state index contributed by atoms with van der Waals surface area (Å²) in [4.78, 5) is 35.7. The molecule has 0 radical (unpaired) electrons. The second kappa shape index (κ2) is 14.2. The van der Waals surface area contributed by atoms with Crippen LogP contribution in [0.5, 0.6) is 5.88 Å². The van der Waals surface area contributed by atoms with Crippen molar-refractivity contribution in [3.63, 3.8) is 0 Å². The van der Waals surface area contributed by atoms with Crippen LogP contribution in [0.25, 0.3) is 0 Å². The molecule has 2 aromatic carbocycles. The second-order valence-corrected chi connectivity index (χ2v) is 5.50. The van der Waals surface area contributed by atoms with E-state index >= 15 is 0 Å². The number of imide groups is 1. The van der Waals surface area contributed by atoms with E-state index in [1.165, 1.54) is 6.92 Å². The average molecular weight is 485 g/mol. The van der Waals surface area contributed by atoms with Crippen LogP contribution in [0.15, 0.2) is 69.9 Å². The Labute approximate surface area is 227 Å². The van der Waals surface area contributed by atoms with E-state index in [0.717, 1.165) is 11.1 Å². The molecule has 0 aliphatic heterocycles. The Morgan fingerprint density at radius 2 is 1.52 bits per heavy atom. The third kappa shape index (κ3) is 11.2. The van der Waals surface area contributed by atoms with Crippen molar-refractivity contribution >= 4 is 11.8 Å². The van der Waals surface area contributed by atoms with Crippen LogP contribution in [0, 0.1) is 29.7 Å². The first kappa shape index (κ1) is 26.2. The molecule has 148 valence electrons. The van der Waals surface area contributed by atoms with Gasteiger partial charge in [-0.05, 0) is 30.2 Å². The molecule has 0 atom stereocenters. The van der Waals surface area contributed by atoms with Crippen molar-refractivity contribution in [1.29, 1.82) is 0 Å². The van der Waals surface area contributed by atoms with Crippen molar-refractivity contribution in [3.8, 4) is 29.6 Å². The molecule has 0 saturated carbocycles. The van der Waals surface area contributed by atoms with Gasteiger partial charge in [0.1, 0.15) is 0 Å². The molecule has 0 saturated heterocycles. The number of carbonyl (C=O) groups excluding carboxylic acids is 2. The summed E-state index contributed by atoms with van der Waals surface area (Å²) in [6, 6.07) is 20.2. The summed E-state index contributed by atoms with van der Waals surface area (Å²) in [5.41, 5.74) is 0.704. The van der Waals surface area contributed by atoms with Crippen molar-refractivity contribution < 1.29 is 77.3 Å². The van der Waals surface area contributed by atoms with Crippen LogP contribution in [-0.4, -0.2) is 21.9 Å². The van der Waals surface area contributed by atoms with Gasteiger partial charge in [0.05, 0.1) is 0 Å². The van der Waals surface area contributed by atoms with E-state index in [-0.39, 0.29) is 64.1 Å². The topological polar surface area (TPSA) is 110 Å². The van der Waals surface area contributed by atoms with Gasteiger partial charge in [0, 0.05) is 29.9 Å². The Balaban J connectivity index is 0.000000303. The number of hydrogen-bond acceptors (Lipinski definition) is 6. The largest absolute Gasteiger partial charge is 1.00 e. The number of aromatic hydroxyl groups is 1. The van der Waals surface area contributed by atoms with E-state index in [0.29, 0.717) is 0 Å². The van der Waals surface area contributed by atoms with Crippen LogP contribution in [0.2, 0.25) is 0 Å². The minimum atomic E-state index is -0.801. The molecule has 2 amide bonds. The predicted molar refractivity (Wildman–Crippen MR) is 108 cm³/mol. The Kier molecular flexibility index (Phi) is 12.0. The quantitative estimate of drug-likeness (QED) is 0.301. The molecular weight excluding hydrogens is 470 g/mol. The van der Waals surface area contributed by atoms with Gasteiger partial charge in [-0.15, -0.1) is 0 Å². The Morgan fingerprint density at radius 3 is 2.03 bits per heavy atom. The van der Waals surface area contributed by atoms with Crippen molar-refractivity contribution in [1.82, 2.24) is 10.3 Å². The molecular formula is C23H15N2O5Rb. The van der Waals surface area contributed by atoms with Crippen LogP contribution < -0.4 is 69.1 Å². The first-order chi connectivity index (χ1) is 14.4. The van der Waals surface area contributed by atoms with Crippen LogP contribution >= 0.6 is 0 Å². The van der Waals surface area contributed by atoms with Gasteiger partial charge in [0.25, 0.3) is 5.89 Å². The standard InChI is InChI=1S/C12H6NO3.C11H9NO2.Rb/c14-10-8-12(15)16-11(13-10)7-6-9-4-2-1-3-5-9;1-9(13)12-11(14)8-7-10-5-3-2-4-6-10;/h1-5,14H;2-6H,1H3,(H,12,13,14);/q-1;;+1. The number of hydrogen-bond donors (Lipinski definition) is 2. The first-order valence-electron chi connectivity index (χ1n) is 8.51. The van der Waals surface area contributed by atoms with Crippen molar-refractivity contribution in [2.24, 2.45) is 0 Å². The number of nitrogens with zero attached hydrogens (tertiary/aromatic N) is 1. The van der Waals surface area contributed by atoms with Crippen molar-refractivity contribution in [2.45, 2.75) is 6.92 Å². The van der Waals surface area contributed by atoms with Gasteiger partial charge in [-0.25, -0.2) is 4.98 Å². The molecule has 0 spiro atoms. The average Bonchev–Trinajstić information content (AvgIpc) is 2.72. The minimum absolute atomic E-state index is 0. The number of rotatable bonds is 0. The third-order valence-corrected chi connectivity index (χ3v) is 3.08. The summed E-state index contributed by atoms with van der Waals surface area (Å²) < 4.78 is 4.62. The SMILES string of the molecule is CC(=O)NC(=O)C#Cc1ccccc1.O=c1[c-]c(O)nc(C#Cc2ccccc2)o1.[Rb+]. The van der Waals surface area contributed by atoms with E-state index in [2.05, 4.69) is 38.4 Å². The van der Waals surface area contributed by atoms with Gasteiger partial charge < -0.3 is 15.6 Å². The summed E-state index contributed by atoms with van der Waals surface area (Å²) in [6.07, 6.45) is 0. The smallest absolute Gasteiger partial charge is 0.526 e. The number of amides is 2. The van der Waals surface area contributed by atoms with Gasteiger partial charge in [-0.1, -0.05) is 48.2 Å². The van der Waals surface area contributed by atoms with E-state index in [9.17, 15) is 14.4 Å². The first-order valence-corrected chi connectivity index (χ1v) is 8.51. The molecule has 0 bridgehead atoms. The Hall–Kier alpha value is -2.81. The maximum absolute atomic E-state index is 10.9. The van der Waals surface area contributed by atoms with E-state index in [4.69, 9.17) is 5.11 Å². The molecule has 0 aliphatic rings. The second-order valence-electron chi connectivity index (χ2n) is 5.50. The molecule has 0 fully saturated rings. The van der Waals surface area contributed by atoms with Crippen LogP contribution in [0.3, 0.4) is 0 Å². The molecule has 1 heterocycles. The van der Waals surface area contributed by atoms with Crippen LogP contribution in [0.1, 0.15) is 23.9 Å². The molecule has 2 N–H and O–H groups in total. The van der Waals surface area contributed by atoms with Crippen molar-refractivity contribution in [2.75, 3.05) is 0 Å². The summed E-state index contributed by atoms with van der Waals surface area (Å²) in [7, 11) is 0. The summed E-state index contributed by atoms with van der Waals surface area (Å²) in [5.74, 6) is 8.58. The summed E-state index contributed by atoms with van der Waals surface area (Å²) >= 11 is 0. The third-order valence-electron chi connectivity index (χ3n) is 3.08. The molecule has 1 aromatic heterocycles. The van der Waals surface area contributed by atoms with Gasteiger partial charge in [0.2, 0.25) is 5.91 Å². The molecule has 3 rings (SSSR count). The van der Waals surface area contributed by atoms with Crippen LogP contribution in [-0.2, 0) is 9.59 Å². The summed E-state index contributed by atoms with van der Waals surface area (Å²) in [5, 5.41) is 11.1. The molecule has 3 aromatic rings. The zero-order valence-corrected chi connectivity index (χ0v) is 21.7. The fraction of sp³-hybridized carbons (Fsp3) is 0.0435. The number of benzene rings is 2. The maximum atomic E-state index is 10.9. The number of nitrogens with one attached hydrogen (secondary N) is 1. The zero-order valence-electron chi connectivity index (χ0n) is 16.8. The predicted octanol–water partition coefficient (Wildman–Crippen LogP) is -1.35. The normalized spacial score (nSPS) is 8.55. The monoisotopic (exact) mass is 484 g/mol. The Morgan fingerprint density at radius 1 is 0.968 bits per heavy atom. The van der Waals surface area contributed by atoms with Gasteiger partial charge in [-0.3, -0.25) is 19.7 Å². The number of carbonyl (C=O) groups is 2. The van der Waals surface area contributed by atoms with Crippen molar-refractivity contribution in [3.05, 3.63) is 94.2 Å². The van der Waals surface area contributed by atoms with Gasteiger partial charge in [0.15, 0.2) is 5.63 Å². The summed E-state index contributed by atoms with van der Waals surface area (Å²) in [6.45, 7) is 1.27. The van der Waals surface area contributed by atoms with Crippen LogP contribution in [0.4, 0.5) is 0 Å². The van der Waals surface area contributed by atoms with E-state index in [1.807, 2.05) is 42.5 Å². The van der Waals surface area contributed by atoms with E-state index < -0.39 is 23.3 Å². The molecule has 31 heavy (non-hydrogen) atoms. The molecule has 0 unspecified atom stereocenters.